The molecule has 0 unspecified atom stereocenters. The second-order valence-electron chi connectivity index (χ2n) is 6.37. The van der Waals surface area contributed by atoms with Gasteiger partial charge >= 0.3 is 0 Å². The molecule has 21 heavy (non-hydrogen) atoms. The van der Waals surface area contributed by atoms with Crippen LogP contribution in [-0.2, 0) is 14.3 Å². The molecule has 0 atom stereocenters. The third-order valence-corrected chi connectivity index (χ3v) is 4.83. The fourth-order valence-corrected chi connectivity index (χ4v) is 3.56. The van der Waals surface area contributed by atoms with Gasteiger partial charge in [-0.05, 0) is 44.7 Å². The molecule has 6 nitrogen and oxygen atoms in total. The Bertz CT molecular complexity index is 367. The Balaban J connectivity index is 1.94. The molecule has 0 saturated carbocycles. The normalized spacial score (nSPS) is 23.0. The number of carbonyl (C=O) groups is 2. The Hall–Kier alpha value is -1.14. The molecule has 2 heterocycles. The van der Waals surface area contributed by atoms with Crippen molar-refractivity contribution in [1.29, 1.82) is 0 Å². The van der Waals surface area contributed by atoms with E-state index >= 15 is 0 Å². The van der Waals surface area contributed by atoms with Gasteiger partial charge < -0.3 is 20.7 Å². The van der Waals surface area contributed by atoms with Gasteiger partial charge in [0.15, 0.2) is 0 Å². The van der Waals surface area contributed by atoms with E-state index in [9.17, 15) is 9.59 Å². The lowest BCUT2D eigenvalue weighted by Gasteiger charge is -2.41. The Morgan fingerprint density at radius 1 is 1.29 bits per heavy atom. The molecule has 0 aromatic rings. The number of rotatable bonds is 5. The predicted molar refractivity (Wildman–Crippen MR) is 79.5 cm³/mol. The number of methoxy groups -OCH3 is 1. The van der Waals surface area contributed by atoms with E-state index in [1.165, 1.54) is 0 Å². The predicted octanol–water partition coefficient (Wildman–Crippen LogP) is 0.117. The number of primary amides is 1. The standard InChI is InChI=1S/C15H27N3O3/c1-21-11-15(4-6-17-7-5-15)14(20)18-8-2-12(3-9-18)10-13(16)19/h12,17H,2-11H2,1H3,(H2,16,19). The molecular weight excluding hydrogens is 270 g/mol. The summed E-state index contributed by atoms with van der Waals surface area (Å²) >= 11 is 0. The average molecular weight is 297 g/mol. The molecule has 2 aliphatic heterocycles. The topological polar surface area (TPSA) is 84.7 Å². The summed E-state index contributed by atoms with van der Waals surface area (Å²) < 4.78 is 5.33. The summed E-state index contributed by atoms with van der Waals surface area (Å²) in [6.07, 6.45) is 3.85. The van der Waals surface area contributed by atoms with Crippen LogP contribution in [0.15, 0.2) is 0 Å². The summed E-state index contributed by atoms with van der Waals surface area (Å²) in [5.74, 6) is 0.315. The number of nitrogens with one attached hydrogen (secondary N) is 1. The maximum Gasteiger partial charge on any atom is 0.231 e. The van der Waals surface area contributed by atoms with E-state index in [0.29, 0.717) is 18.9 Å². The third kappa shape index (κ3) is 3.95. The minimum atomic E-state index is -0.365. The van der Waals surface area contributed by atoms with Crippen LogP contribution in [0.3, 0.4) is 0 Å². The molecule has 0 radical (unpaired) electrons. The first-order valence-corrected chi connectivity index (χ1v) is 7.85. The maximum absolute atomic E-state index is 12.9. The molecule has 0 bridgehead atoms. The van der Waals surface area contributed by atoms with Crippen molar-refractivity contribution in [2.45, 2.75) is 32.1 Å². The quantitative estimate of drug-likeness (QED) is 0.754. The summed E-state index contributed by atoms with van der Waals surface area (Å²) in [4.78, 5) is 25.9. The molecule has 3 N–H and O–H groups in total. The highest BCUT2D eigenvalue weighted by Crippen LogP contribution is 2.33. The Kier molecular flexibility index (Phi) is 5.58. The summed E-state index contributed by atoms with van der Waals surface area (Å²) in [7, 11) is 1.66. The largest absolute Gasteiger partial charge is 0.384 e. The maximum atomic E-state index is 12.9. The van der Waals surface area contributed by atoms with Gasteiger partial charge in [0.2, 0.25) is 11.8 Å². The van der Waals surface area contributed by atoms with Crippen LogP contribution >= 0.6 is 0 Å². The van der Waals surface area contributed by atoms with Crippen LogP contribution in [0.5, 0.6) is 0 Å². The first-order chi connectivity index (χ1) is 10.1. The molecular formula is C15H27N3O3. The number of ether oxygens (including phenoxy) is 1. The number of likely N-dealkylation sites (tertiary alicyclic amines) is 1. The number of nitrogens with zero attached hydrogens (tertiary/aromatic N) is 1. The van der Waals surface area contributed by atoms with Crippen molar-refractivity contribution >= 4 is 11.8 Å². The molecule has 2 fully saturated rings. The van der Waals surface area contributed by atoms with Gasteiger partial charge in [0, 0.05) is 26.6 Å². The van der Waals surface area contributed by atoms with Crippen molar-refractivity contribution in [3.63, 3.8) is 0 Å². The molecule has 2 rings (SSSR count). The van der Waals surface area contributed by atoms with Gasteiger partial charge in [0.05, 0.1) is 12.0 Å². The van der Waals surface area contributed by atoms with Crippen molar-refractivity contribution in [1.82, 2.24) is 10.2 Å². The first-order valence-electron chi connectivity index (χ1n) is 7.85. The zero-order valence-corrected chi connectivity index (χ0v) is 12.9. The minimum Gasteiger partial charge on any atom is -0.384 e. The van der Waals surface area contributed by atoms with Crippen molar-refractivity contribution in [3.8, 4) is 0 Å². The van der Waals surface area contributed by atoms with Crippen LogP contribution in [0.1, 0.15) is 32.1 Å². The van der Waals surface area contributed by atoms with Crippen molar-refractivity contribution in [2.75, 3.05) is 39.9 Å². The smallest absolute Gasteiger partial charge is 0.231 e. The molecule has 2 saturated heterocycles. The van der Waals surface area contributed by atoms with Crippen LogP contribution in [0.2, 0.25) is 0 Å². The van der Waals surface area contributed by atoms with Gasteiger partial charge in [-0.2, -0.15) is 0 Å². The highest BCUT2D eigenvalue weighted by molar-refractivity contribution is 5.83. The summed E-state index contributed by atoms with van der Waals surface area (Å²) in [5, 5.41) is 3.31. The lowest BCUT2D eigenvalue weighted by molar-refractivity contribution is -0.149. The van der Waals surface area contributed by atoms with E-state index < -0.39 is 0 Å². The minimum absolute atomic E-state index is 0.225. The van der Waals surface area contributed by atoms with E-state index in [1.54, 1.807) is 7.11 Å². The lowest BCUT2D eigenvalue weighted by Crippen LogP contribution is -2.53. The van der Waals surface area contributed by atoms with Gasteiger partial charge in [-0.15, -0.1) is 0 Å². The SMILES string of the molecule is COCC1(C(=O)N2CCC(CC(N)=O)CC2)CCNCC1. The highest BCUT2D eigenvalue weighted by atomic mass is 16.5. The van der Waals surface area contributed by atoms with Gasteiger partial charge in [0.25, 0.3) is 0 Å². The zero-order chi connectivity index (χ0) is 15.3. The zero-order valence-electron chi connectivity index (χ0n) is 12.9. The van der Waals surface area contributed by atoms with Gasteiger partial charge in [-0.1, -0.05) is 0 Å². The molecule has 2 aliphatic rings. The van der Waals surface area contributed by atoms with Gasteiger partial charge in [-0.25, -0.2) is 0 Å². The van der Waals surface area contributed by atoms with Gasteiger partial charge in [-0.3, -0.25) is 9.59 Å². The van der Waals surface area contributed by atoms with E-state index in [1.807, 2.05) is 4.90 Å². The van der Waals surface area contributed by atoms with Crippen LogP contribution in [-0.4, -0.2) is 56.6 Å². The molecule has 0 spiro atoms. The Labute approximate surface area is 126 Å². The van der Waals surface area contributed by atoms with Crippen LogP contribution < -0.4 is 11.1 Å². The lowest BCUT2D eigenvalue weighted by atomic mass is 9.77. The highest BCUT2D eigenvalue weighted by Gasteiger charge is 2.42. The number of hydrogen-bond donors (Lipinski definition) is 2. The Morgan fingerprint density at radius 3 is 2.43 bits per heavy atom. The number of amides is 2. The average Bonchev–Trinajstić information content (AvgIpc) is 2.48. The van der Waals surface area contributed by atoms with Crippen LogP contribution in [0.4, 0.5) is 0 Å². The first kappa shape index (κ1) is 16.2. The van der Waals surface area contributed by atoms with E-state index in [4.69, 9.17) is 10.5 Å². The number of carbonyl (C=O) groups excluding carboxylic acids is 2. The van der Waals surface area contributed by atoms with E-state index in [0.717, 1.165) is 51.9 Å². The van der Waals surface area contributed by atoms with E-state index in [2.05, 4.69) is 5.32 Å². The molecule has 0 aromatic carbocycles. The molecule has 120 valence electrons. The molecule has 0 aromatic heterocycles. The molecule has 6 heteroatoms. The summed E-state index contributed by atoms with van der Waals surface area (Å²) in [5.41, 5.74) is 4.89. The van der Waals surface area contributed by atoms with Gasteiger partial charge in [0.1, 0.15) is 0 Å². The molecule has 2 amide bonds. The Morgan fingerprint density at radius 2 is 1.90 bits per heavy atom. The van der Waals surface area contributed by atoms with Crippen molar-refractivity contribution in [3.05, 3.63) is 0 Å². The number of hydrogen-bond acceptors (Lipinski definition) is 4. The van der Waals surface area contributed by atoms with E-state index in [-0.39, 0.29) is 17.2 Å². The van der Waals surface area contributed by atoms with Crippen LogP contribution in [0.25, 0.3) is 0 Å². The third-order valence-electron chi connectivity index (χ3n) is 4.83. The second kappa shape index (κ2) is 7.22. The van der Waals surface area contributed by atoms with Crippen LogP contribution in [0, 0.1) is 11.3 Å². The number of nitrogens with two attached hydrogens (primary N) is 1. The molecule has 0 aliphatic carbocycles. The monoisotopic (exact) mass is 297 g/mol. The number of piperidine rings is 2. The van der Waals surface area contributed by atoms with Crippen molar-refractivity contribution < 1.29 is 14.3 Å². The fourth-order valence-electron chi connectivity index (χ4n) is 3.56. The van der Waals surface area contributed by atoms with Crippen molar-refractivity contribution in [2.24, 2.45) is 17.1 Å². The summed E-state index contributed by atoms with van der Waals surface area (Å²) in [6, 6.07) is 0. The second-order valence-corrected chi connectivity index (χ2v) is 6.37. The fraction of sp³-hybridized carbons (Fsp3) is 0.867. The summed E-state index contributed by atoms with van der Waals surface area (Å²) in [6.45, 7) is 3.69.